The standard InChI is InChI=1S/C11H11BrF2O2/c1-11(2,10(15)16)5-6-3-4-7(12)9(14)8(6)13/h3-4H,5H2,1-2H3,(H,15,16). The fraction of sp³-hybridized carbons (Fsp3) is 0.364. The normalized spacial score (nSPS) is 11.6. The van der Waals surface area contributed by atoms with E-state index in [0.29, 0.717) is 0 Å². The molecular weight excluding hydrogens is 282 g/mol. The number of carboxylic acid groups (broad SMARTS) is 1. The Kier molecular flexibility index (Phi) is 3.68. The summed E-state index contributed by atoms with van der Waals surface area (Å²) in [6.07, 6.45) is -0.0572. The Morgan fingerprint density at radius 1 is 1.38 bits per heavy atom. The second kappa shape index (κ2) is 4.49. The summed E-state index contributed by atoms with van der Waals surface area (Å²) in [6.45, 7) is 2.93. The van der Waals surface area contributed by atoms with Gasteiger partial charge in [-0.25, -0.2) is 8.78 Å². The molecule has 1 rings (SSSR count). The molecule has 0 bridgehead atoms. The highest BCUT2D eigenvalue weighted by Gasteiger charge is 2.29. The van der Waals surface area contributed by atoms with Gasteiger partial charge in [-0.1, -0.05) is 6.07 Å². The Labute approximate surface area is 100 Å². The molecule has 1 aromatic rings. The summed E-state index contributed by atoms with van der Waals surface area (Å²) in [6, 6.07) is 2.75. The van der Waals surface area contributed by atoms with E-state index in [-0.39, 0.29) is 16.5 Å². The fourth-order valence-electron chi connectivity index (χ4n) is 1.25. The predicted molar refractivity (Wildman–Crippen MR) is 59.2 cm³/mol. The fourth-order valence-corrected chi connectivity index (χ4v) is 1.56. The van der Waals surface area contributed by atoms with Gasteiger partial charge in [-0.15, -0.1) is 0 Å². The molecule has 0 fully saturated rings. The number of halogens is 3. The van der Waals surface area contributed by atoms with Crippen molar-refractivity contribution in [3.63, 3.8) is 0 Å². The van der Waals surface area contributed by atoms with Crippen LogP contribution in [0.5, 0.6) is 0 Å². The molecule has 0 saturated carbocycles. The van der Waals surface area contributed by atoms with Crippen LogP contribution in [0.15, 0.2) is 16.6 Å². The Balaban J connectivity index is 3.08. The highest BCUT2D eigenvalue weighted by atomic mass is 79.9. The second-order valence-electron chi connectivity index (χ2n) is 4.20. The molecule has 0 aromatic heterocycles. The van der Waals surface area contributed by atoms with Gasteiger partial charge in [0.25, 0.3) is 0 Å². The Bertz CT molecular complexity index is 430. The molecular formula is C11H11BrF2O2. The summed E-state index contributed by atoms with van der Waals surface area (Å²) in [4.78, 5) is 10.9. The van der Waals surface area contributed by atoms with Crippen molar-refractivity contribution in [3.8, 4) is 0 Å². The quantitative estimate of drug-likeness (QED) is 0.867. The highest BCUT2D eigenvalue weighted by Crippen LogP contribution is 2.27. The van der Waals surface area contributed by atoms with Crippen LogP contribution < -0.4 is 0 Å². The molecule has 16 heavy (non-hydrogen) atoms. The van der Waals surface area contributed by atoms with Crippen molar-refractivity contribution in [1.82, 2.24) is 0 Å². The minimum absolute atomic E-state index is 0.0295. The first-order valence-electron chi connectivity index (χ1n) is 4.61. The van der Waals surface area contributed by atoms with E-state index in [1.165, 1.54) is 26.0 Å². The molecule has 0 aliphatic heterocycles. The number of carboxylic acids is 1. The van der Waals surface area contributed by atoms with Crippen LogP contribution in [0.4, 0.5) is 8.78 Å². The first-order valence-corrected chi connectivity index (χ1v) is 5.41. The zero-order valence-corrected chi connectivity index (χ0v) is 10.4. The van der Waals surface area contributed by atoms with E-state index in [1.54, 1.807) is 0 Å². The van der Waals surface area contributed by atoms with Crippen LogP contribution in [0.3, 0.4) is 0 Å². The molecule has 2 nitrogen and oxygen atoms in total. The second-order valence-corrected chi connectivity index (χ2v) is 5.05. The van der Waals surface area contributed by atoms with Crippen LogP contribution >= 0.6 is 15.9 Å². The first kappa shape index (κ1) is 13.1. The van der Waals surface area contributed by atoms with E-state index in [4.69, 9.17) is 5.11 Å². The van der Waals surface area contributed by atoms with Gasteiger partial charge in [0.15, 0.2) is 11.6 Å². The Morgan fingerprint density at radius 2 is 1.94 bits per heavy atom. The summed E-state index contributed by atoms with van der Waals surface area (Å²) in [5.74, 6) is -3.03. The van der Waals surface area contributed by atoms with Crippen LogP contribution in [0.25, 0.3) is 0 Å². The monoisotopic (exact) mass is 292 g/mol. The van der Waals surface area contributed by atoms with Gasteiger partial charge in [0.05, 0.1) is 9.89 Å². The molecule has 0 atom stereocenters. The van der Waals surface area contributed by atoms with Gasteiger partial charge >= 0.3 is 5.97 Å². The number of hydrogen-bond acceptors (Lipinski definition) is 1. The van der Waals surface area contributed by atoms with Gasteiger partial charge in [0, 0.05) is 0 Å². The van der Waals surface area contributed by atoms with Crippen LogP contribution in [0.2, 0.25) is 0 Å². The largest absolute Gasteiger partial charge is 0.481 e. The average molecular weight is 293 g/mol. The average Bonchev–Trinajstić information content (AvgIpc) is 2.19. The maximum atomic E-state index is 13.5. The van der Waals surface area contributed by atoms with E-state index in [1.807, 2.05) is 0 Å². The molecule has 0 unspecified atom stereocenters. The molecule has 0 saturated heterocycles. The maximum Gasteiger partial charge on any atom is 0.309 e. The molecule has 0 heterocycles. The van der Waals surface area contributed by atoms with Gasteiger partial charge in [0.2, 0.25) is 0 Å². The van der Waals surface area contributed by atoms with E-state index >= 15 is 0 Å². The van der Waals surface area contributed by atoms with Crippen LogP contribution in [-0.4, -0.2) is 11.1 Å². The molecule has 1 aromatic carbocycles. The lowest BCUT2D eigenvalue weighted by Gasteiger charge is -2.19. The third kappa shape index (κ3) is 2.58. The van der Waals surface area contributed by atoms with Gasteiger partial charge in [-0.05, 0) is 47.8 Å². The molecule has 0 spiro atoms. The minimum Gasteiger partial charge on any atom is -0.481 e. The zero-order chi connectivity index (χ0) is 12.5. The van der Waals surface area contributed by atoms with Crippen molar-refractivity contribution < 1.29 is 18.7 Å². The molecule has 1 N–H and O–H groups in total. The Hall–Kier alpha value is -0.970. The molecule has 88 valence electrons. The van der Waals surface area contributed by atoms with E-state index in [2.05, 4.69) is 15.9 Å². The lowest BCUT2D eigenvalue weighted by atomic mass is 9.86. The highest BCUT2D eigenvalue weighted by molar-refractivity contribution is 9.10. The summed E-state index contributed by atoms with van der Waals surface area (Å²) < 4.78 is 26.7. The third-order valence-corrected chi connectivity index (χ3v) is 2.94. The van der Waals surface area contributed by atoms with Crippen molar-refractivity contribution in [3.05, 3.63) is 33.8 Å². The summed E-state index contributed by atoms with van der Waals surface area (Å²) >= 11 is 2.86. The molecule has 0 aliphatic rings. The molecule has 0 radical (unpaired) electrons. The SMILES string of the molecule is CC(C)(Cc1ccc(Br)c(F)c1F)C(=O)O. The molecule has 0 aliphatic carbocycles. The number of carbonyl (C=O) groups is 1. The van der Waals surface area contributed by atoms with Gasteiger partial charge in [-0.3, -0.25) is 4.79 Å². The molecule has 0 amide bonds. The van der Waals surface area contributed by atoms with Crippen molar-refractivity contribution >= 4 is 21.9 Å². The van der Waals surface area contributed by atoms with Crippen LogP contribution in [0.1, 0.15) is 19.4 Å². The van der Waals surface area contributed by atoms with E-state index in [0.717, 1.165) is 0 Å². The van der Waals surface area contributed by atoms with Crippen LogP contribution in [-0.2, 0) is 11.2 Å². The van der Waals surface area contributed by atoms with Gasteiger partial charge < -0.3 is 5.11 Å². The number of hydrogen-bond donors (Lipinski definition) is 1. The van der Waals surface area contributed by atoms with Crippen molar-refractivity contribution in [2.45, 2.75) is 20.3 Å². The smallest absolute Gasteiger partial charge is 0.309 e. The lowest BCUT2D eigenvalue weighted by Crippen LogP contribution is -2.26. The summed E-state index contributed by atoms with van der Waals surface area (Å²) in [5, 5.41) is 8.89. The summed E-state index contributed by atoms with van der Waals surface area (Å²) in [7, 11) is 0. The Morgan fingerprint density at radius 3 is 2.44 bits per heavy atom. The van der Waals surface area contributed by atoms with Crippen molar-refractivity contribution in [1.29, 1.82) is 0 Å². The number of benzene rings is 1. The first-order chi connectivity index (χ1) is 7.25. The van der Waals surface area contributed by atoms with E-state index < -0.39 is 23.0 Å². The summed E-state index contributed by atoms with van der Waals surface area (Å²) in [5.41, 5.74) is -1.06. The predicted octanol–water partition coefficient (Wildman–Crippen LogP) is 3.38. The van der Waals surface area contributed by atoms with E-state index in [9.17, 15) is 13.6 Å². The lowest BCUT2D eigenvalue weighted by molar-refractivity contribution is -0.146. The maximum absolute atomic E-state index is 13.5. The zero-order valence-electron chi connectivity index (χ0n) is 8.85. The molecule has 5 heteroatoms. The van der Waals surface area contributed by atoms with Crippen molar-refractivity contribution in [2.24, 2.45) is 5.41 Å². The number of rotatable bonds is 3. The van der Waals surface area contributed by atoms with Gasteiger partial charge in [-0.2, -0.15) is 0 Å². The topological polar surface area (TPSA) is 37.3 Å². The van der Waals surface area contributed by atoms with Gasteiger partial charge in [0.1, 0.15) is 0 Å². The minimum atomic E-state index is -1.12. The van der Waals surface area contributed by atoms with Crippen LogP contribution in [0, 0.1) is 17.0 Å². The van der Waals surface area contributed by atoms with Crippen molar-refractivity contribution in [2.75, 3.05) is 0 Å². The number of aliphatic carboxylic acids is 1. The third-order valence-electron chi connectivity index (χ3n) is 2.33.